The van der Waals surface area contributed by atoms with Crippen molar-refractivity contribution in [1.29, 1.82) is 0 Å². The summed E-state index contributed by atoms with van der Waals surface area (Å²) in [7, 11) is 3.22. The first-order valence-electron chi connectivity index (χ1n) is 7.62. The zero-order valence-corrected chi connectivity index (χ0v) is 14.4. The number of hydrogen-bond donors (Lipinski definition) is 0. The normalized spacial score (nSPS) is 19.3. The molecule has 23 heavy (non-hydrogen) atoms. The highest BCUT2D eigenvalue weighted by Gasteiger charge is 2.25. The highest BCUT2D eigenvalue weighted by molar-refractivity contribution is 7.13. The Bertz CT molecular complexity index is 795. The summed E-state index contributed by atoms with van der Waals surface area (Å²) in [4.78, 5) is 32.8. The van der Waals surface area contributed by atoms with Gasteiger partial charge in [0.2, 0.25) is 0 Å². The van der Waals surface area contributed by atoms with Gasteiger partial charge in [-0.3, -0.25) is 18.8 Å². The Kier molecular flexibility index (Phi) is 4.36. The minimum atomic E-state index is -0.276. The van der Waals surface area contributed by atoms with E-state index in [0.717, 1.165) is 35.0 Å². The van der Waals surface area contributed by atoms with Gasteiger partial charge in [0.15, 0.2) is 5.13 Å². The summed E-state index contributed by atoms with van der Waals surface area (Å²) in [6.45, 7) is 5.44. The van der Waals surface area contributed by atoms with Gasteiger partial charge < -0.3 is 4.90 Å². The summed E-state index contributed by atoms with van der Waals surface area (Å²) >= 11 is 1.65. The lowest BCUT2D eigenvalue weighted by Gasteiger charge is -2.39. The molecule has 0 bridgehead atoms. The molecular formula is C15H21N5O2S. The molecule has 0 N–H and O–H groups in total. The third-order valence-electron chi connectivity index (χ3n) is 4.39. The number of anilines is 1. The fourth-order valence-corrected chi connectivity index (χ4v) is 3.75. The van der Waals surface area contributed by atoms with Crippen molar-refractivity contribution in [3.05, 3.63) is 44.2 Å². The van der Waals surface area contributed by atoms with Crippen LogP contribution in [0.1, 0.15) is 12.6 Å². The summed E-state index contributed by atoms with van der Waals surface area (Å²) in [6.07, 6.45) is 1.83. The van der Waals surface area contributed by atoms with Crippen molar-refractivity contribution in [3.63, 3.8) is 0 Å². The second-order valence-corrected chi connectivity index (χ2v) is 6.84. The van der Waals surface area contributed by atoms with E-state index in [2.05, 4.69) is 21.7 Å². The quantitative estimate of drug-likeness (QED) is 0.805. The topological polar surface area (TPSA) is 63.4 Å². The van der Waals surface area contributed by atoms with E-state index in [9.17, 15) is 9.59 Å². The van der Waals surface area contributed by atoms with Crippen LogP contribution in [0.3, 0.4) is 0 Å². The van der Waals surface area contributed by atoms with E-state index in [1.54, 1.807) is 29.0 Å². The smallest absolute Gasteiger partial charge is 0.330 e. The molecule has 0 aromatic carbocycles. The number of nitrogens with zero attached hydrogens (tertiary/aromatic N) is 5. The van der Waals surface area contributed by atoms with Crippen LogP contribution in [-0.4, -0.2) is 44.7 Å². The predicted octanol–water partition coefficient (Wildman–Crippen LogP) is 0.251. The van der Waals surface area contributed by atoms with Gasteiger partial charge in [-0.05, 0) is 6.92 Å². The second-order valence-electron chi connectivity index (χ2n) is 5.97. The molecule has 1 aliphatic heterocycles. The molecule has 0 aliphatic carbocycles. The second kappa shape index (κ2) is 6.29. The average molecular weight is 335 g/mol. The largest absolute Gasteiger partial charge is 0.343 e. The summed E-state index contributed by atoms with van der Waals surface area (Å²) in [5.41, 5.74) is 0.229. The van der Waals surface area contributed by atoms with Crippen molar-refractivity contribution in [2.75, 3.05) is 24.5 Å². The van der Waals surface area contributed by atoms with Gasteiger partial charge in [-0.1, -0.05) is 0 Å². The number of aromatic nitrogens is 3. The predicted molar refractivity (Wildman–Crippen MR) is 91.1 cm³/mol. The van der Waals surface area contributed by atoms with Gasteiger partial charge in [-0.15, -0.1) is 11.3 Å². The van der Waals surface area contributed by atoms with E-state index in [0.29, 0.717) is 12.6 Å². The average Bonchev–Trinajstić information content (AvgIpc) is 3.05. The molecule has 0 amide bonds. The Labute approximate surface area is 138 Å². The van der Waals surface area contributed by atoms with Gasteiger partial charge in [-0.2, -0.15) is 0 Å². The fraction of sp³-hybridized carbons (Fsp3) is 0.533. The lowest BCUT2D eigenvalue weighted by atomic mass is 10.2. The van der Waals surface area contributed by atoms with Crippen LogP contribution in [0.25, 0.3) is 0 Å². The molecule has 3 rings (SSSR count). The maximum atomic E-state index is 12.0. The van der Waals surface area contributed by atoms with Crippen LogP contribution in [-0.2, 0) is 20.6 Å². The van der Waals surface area contributed by atoms with Crippen LogP contribution in [0.15, 0.2) is 27.2 Å². The third kappa shape index (κ3) is 3.09. The van der Waals surface area contributed by atoms with Crippen molar-refractivity contribution in [2.45, 2.75) is 19.5 Å². The standard InChI is InChI=1S/C15H21N5O2S/c1-11-9-19(5-6-20(11)14-16-4-7-23-14)10-12-8-13(21)18(3)15(22)17(12)2/h4,7-8,11H,5-6,9-10H2,1-3H3. The molecular weight excluding hydrogens is 314 g/mol. The van der Waals surface area contributed by atoms with Crippen LogP contribution in [0, 0.1) is 0 Å². The summed E-state index contributed by atoms with van der Waals surface area (Å²) in [5, 5.41) is 3.04. The first-order valence-corrected chi connectivity index (χ1v) is 8.49. The molecule has 8 heteroatoms. The van der Waals surface area contributed by atoms with Crippen LogP contribution in [0.4, 0.5) is 5.13 Å². The van der Waals surface area contributed by atoms with Crippen molar-refractivity contribution in [3.8, 4) is 0 Å². The first kappa shape index (κ1) is 15.9. The minimum absolute atomic E-state index is 0.252. The lowest BCUT2D eigenvalue weighted by Crippen LogP contribution is -2.52. The molecule has 1 fully saturated rings. The SMILES string of the molecule is CC1CN(Cc2cc(=O)n(C)c(=O)n2C)CCN1c1nccs1. The van der Waals surface area contributed by atoms with E-state index in [1.807, 2.05) is 11.6 Å². The van der Waals surface area contributed by atoms with Gasteiger partial charge in [-0.25, -0.2) is 9.78 Å². The maximum absolute atomic E-state index is 12.0. The molecule has 2 aromatic heterocycles. The zero-order valence-electron chi connectivity index (χ0n) is 13.6. The Morgan fingerprint density at radius 3 is 2.70 bits per heavy atom. The van der Waals surface area contributed by atoms with Gasteiger partial charge >= 0.3 is 5.69 Å². The van der Waals surface area contributed by atoms with E-state index in [1.165, 1.54) is 7.05 Å². The molecule has 0 saturated carbocycles. The Morgan fingerprint density at radius 2 is 2.04 bits per heavy atom. The monoisotopic (exact) mass is 335 g/mol. The summed E-state index contributed by atoms with van der Waals surface area (Å²) < 4.78 is 2.69. The van der Waals surface area contributed by atoms with Gasteiger partial charge in [0.1, 0.15) is 0 Å². The van der Waals surface area contributed by atoms with Crippen molar-refractivity contribution in [2.24, 2.45) is 14.1 Å². The van der Waals surface area contributed by atoms with E-state index >= 15 is 0 Å². The summed E-state index contributed by atoms with van der Waals surface area (Å²) in [5.74, 6) is 0. The molecule has 1 saturated heterocycles. The first-order chi connectivity index (χ1) is 11.0. The molecule has 0 spiro atoms. The summed E-state index contributed by atoms with van der Waals surface area (Å²) in [6, 6.07) is 1.90. The van der Waals surface area contributed by atoms with Crippen molar-refractivity contribution >= 4 is 16.5 Å². The molecule has 124 valence electrons. The Balaban J connectivity index is 1.74. The minimum Gasteiger partial charge on any atom is -0.343 e. The number of rotatable bonds is 3. The third-order valence-corrected chi connectivity index (χ3v) is 5.20. The van der Waals surface area contributed by atoms with Gasteiger partial charge in [0.05, 0.1) is 0 Å². The maximum Gasteiger partial charge on any atom is 0.330 e. The van der Waals surface area contributed by atoms with Crippen LogP contribution in [0.5, 0.6) is 0 Å². The Hall–Kier alpha value is -1.93. The van der Waals surface area contributed by atoms with E-state index < -0.39 is 0 Å². The number of hydrogen-bond acceptors (Lipinski definition) is 6. The number of piperazine rings is 1. The molecule has 2 aromatic rings. The molecule has 1 aliphatic rings. The van der Waals surface area contributed by atoms with E-state index in [-0.39, 0.29) is 11.2 Å². The van der Waals surface area contributed by atoms with Gasteiger partial charge in [0, 0.05) is 69.7 Å². The molecule has 3 heterocycles. The molecule has 0 radical (unpaired) electrons. The molecule has 1 unspecified atom stereocenters. The molecule has 7 nitrogen and oxygen atoms in total. The van der Waals surface area contributed by atoms with Crippen molar-refractivity contribution < 1.29 is 0 Å². The molecule has 1 atom stereocenters. The number of thiazole rings is 1. The highest BCUT2D eigenvalue weighted by atomic mass is 32.1. The van der Waals surface area contributed by atoms with Crippen LogP contribution in [0.2, 0.25) is 0 Å². The van der Waals surface area contributed by atoms with Gasteiger partial charge in [0.25, 0.3) is 5.56 Å². The Morgan fingerprint density at radius 1 is 1.26 bits per heavy atom. The fourth-order valence-electron chi connectivity index (χ4n) is 2.98. The van der Waals surface area contributed by atoms with Crippen LogP contribution < -0.4 is 16.1 Å². The van der Waals surface area contributed by atoms with Crippen LogP contribution >= 0.6 is 11.3 Å². The lowest BCUT2D eigenvalue weighted by molar-refractivity contribution is 0.215. The van der Waals surface area contributed by atoms with E-state index in [4.69, 9.17) is 0 Å². The van der Waals surface area contributed by atoms with Crippen molar-refractivity contribution in [1.82, 2.24) is 19.0 Å². The highest BCUT2D eigenvalue weighted by Crippen LogP contribution is 2.23. The zero-order chi connectivity index (χ0) is 16.6.